The molecule has 0 unspecified atom stereocenters. The van der Waals surface area contributed by atoms with Crippen molar-refractivity contribution in [1.82, 2.24) is 4.31 Å². The lowest BCUT2D eigenvalue weighted by Gasteiger charge is -2.26. The summed E-state index contributed by atoms with van der Waals surface area (Å²) in [5.41, 5.74) is 0.964. The minimum absolute atomic E-state index is 0.0221. The fraction of sp³-hybridized carbons (Fsp3) is 0.304. The van der Waals surface area contributed by atoms with Crippen molar-refractivity contribution in [3.05, 3.63) is 59.1 Å². The zero-order chi connectivity index (χ0) is 23.8. The molecule has 0 saturated carbocycles. The first kappa shape index (κ1) is 24.8. The number of hydrogen-bond acceptors (Lipinski definition) is 6. The summed E-state index contributed by atoms with van der Waals surface area (Å²) in [5.74, 6) is -1.12. The van der Waals surface area contributed by atoms with Gasteiger partial charge in [0.15, 0.2) is 6.61 Å². The van der Waals surface area contributed by atoms with E-state index in [1.165, 1.54) is 41.8 Å². The molecule has 1 aliphatic rings. The van der Waals surface area contributed by atoms with E-state index in [1.807, 2.05) is 0 Å². The molecular weight excluding hydrogens is 468 g/mol. The number of sulfonamides is 1. The minimum atomic E-state index is -3.77. The second-order valence-electron chi connectivity index (χ2n) is 7.37. The summed E-state index contributed by atoms with van der Waals surface area (Å²) in [6, 6.07) is 11.2. The van der Waals surface area contributed by atoms with Gasteiger partial charge in [0.1, 0.15) is 10.6 Å². The first-order chi connectivity index (χ1) is 15.8. The third kappa shape index (κ3) is 6.80. The van der Waals surface area contributed by atoms with Gasteiger partial charge in [0.25, 0.3) is 5.91 Å². The van der Waals surface area contributed by atoms with E-state index in [4.69, 9.17) is 21.1 Å². The van der Waals surface area contributed by atoms with Crippen LogP contribution >= 0.6 is 11.6 Å². The van der Waals surface area contributed by atoms with Crippen molar-refractivity contribution < 1.29 is 27.5 Å². The molecule has 2 aromatic rings. The first-order valence-electron chi connectivity index (χ1n) is 10.4. The van der Waals surface area contributed by atoms with Gasteiger partial charge in [0.05, 0.1) is 7.11 Å². The average Bonchev–Trinajstić information content (AvgIpc) is 2.82. The quantitative estimate of drug-likeness (QED) is 0.445. The van der Waals surface area contributed by atoms with Gasteiger partial charge in [-0.25, -0.2) is 13.2 Å². The summed E-state index contributed by atoms with van der Waals surface area (Å²) in [4.78, 5) is 24.1. The number of nitrogens with zero attached hydrogens (tertiary/aromatic N) is 1. The largest absolute Gasteiger partial charge is 0.495 e. The number of halogens is 1. The topological polar surface area (TPSA) is 102 Å². The highest BCUT2D eigenvalue weighted by Crippen LogP contribution is 2.31. The van der Waals surface area contributed by atoms with Crippen molar-refractivity contribution in [2.24, 2.45) is 0 Å². The van der Waals surface area contributed by atoms with E-state index in [2.05, 4.69) is 5.32 Å². The zero-order valence-corrected chi connectivity index (χ0v) is 19.7. The number of esters is 1. The molecule has 3 rings (SSSR count). The number of benzene rings is 2. The van der Waals surface area contributed by atoms with Crippen LogP contribution in [0, 0.1) is 0 Å². The molecule has 10 heteroatoms. The molecule has 0 atom stereocenters. The Bertz CT molecular complexity index is 1140. The van der Waals surface area contributed by atoms with Gasteiger partial charge in [0.2, 0.25) is 10.0 Å². The number of hydrogen-bond donors (Lipinski definition) is 1. The van der Waals surface area contributed by atoms with E-state index in [-0.39, 0.29) is 16.3 Å². The molecule has 1 aliphatic heterocycles. The van der Waals surface area contributed by atoms with Crippen LogP contribution in [0.25, 0.3) is 6.08 Å². The zero-order valence-electron chi connectivity index (χ0n) is 18.1. The van der Waals surface area contributed by atoms with Crippen LogP contribution in [0.5, 0.6) is 5.75 Å². The lowest BCUT2D eigenvalue weighted by atomic mass is 10.2. The molecule has 2 aromatic carbocycles. The lowest BCUT2D eigenvalue weighted by Crippen LogP contribution is -2.35. The first-order valence-corrected chi connectivity index (χ1v) is 12.2. The minimum Gasteiger partial charge on any atom is -0.495 e. The summed E-state index contributed by atoms with van der Waals surface area (Å²) >= 11 is 5.89. The molecule has 0 radical (unpaired) electrons. The molecular formula is C23H25ClN2O6S. The van der Waals surface area contributed by atoms with E-state index in [9.17, 15) is 18.0 Å². The van der Waals surface area contributed by atoms with Gasteiger partial charge in [-0.3, -0.25) is 4.79 Å². The fourth-order valence-electron chi connectivity index (χ4n) is 3.36. The molecule has 0 aliphatic carbocycles. The third-order valence-electron chi connectivity index (χ3n) is 4.99. The smallest absolute Gasteiger partial charge is 0.331 e. The lowest BCUT2D eigenvalue weighted by molar-refractivity contribution is -0.142. The maximum Gasteiger partial charge on any atom is 0.331 e. The number of amides is 1. The van der Waals surface area contributed by atoms with Gasteiger partial charge in [0, 0.05) is 29.9 Å². The molecule has 0 bridgehead atoms. The standard InChI is InChI=1S/C23H25ClN2O6S/c1-31-20-10-9-19(15-21(20)33(29,30)26-12-3-2-4-13-26)25-22(27)16-32-23(28)11-8-17-6-5-7-18(24)14-17/h5-11,14-15H,2-4,12-13,16H2,1H3,(H,25,27)/b11-8+. The Kier molecular flexibility index (Phi) is 8.49. The van der Waals surface area contributed by atoms with Crippen LogP contribution < -0.4 is 10.1 Å². The monoisotopic (exact) mass is 492 g/mol. The van der Waals surface area contributed by atoms with Crippen LogP contribution in [0.3, 0.4) is 0 Å². The number of piperidine rings is 1. The predicted molar refractivity (Wildman–Crippen MR) is 126 cm³/mol. The third-order valence-corrected chi connectivity index (χ3v) is 7.14. The van der Waals surface area contributed by atoms with Crippen LogP contribution in [0.15, 0.2) is 53.4 Å². The number of nitrogens with one attached hydrogen (secondary N) is 1. The van der Waals surface area contributed by atoms with Crippen molar-refractivity contribution in [2.45, 2.75) is 24.2 Å². The van der Waals surface area contributed by atoms with Gasteiger partial charge in [-0.05, 0) is 54.8 Å². The van der Waals surface area contributed by atoms with Crippen LogP contribution in [0.2, 0.25) is 5.02 Å². The van der Waals surface area contributed by atoms with Crippen LogP contribution in [0.1, 0.15) is 24.8 Å². The molecule has 33 heavy (non-hydrogen) atoms. The summed E-state index contributed by atoms with van der Waals surface area (Å²) in [6.45, 7) is 0.362. The van der Waals surface area contributed by atoms with Crippen molar-refractivity contribution in [2.75, 3.05) is 32.1 Å². The Morgan fingerprint density at radius 2 is 1.88 bits per heavy atom. The van der Waals surface area contributed by atoms with E-state index >= 15 is 0 Å². The number of methoxy groups -OCH3 is 1. The molecule has 0 spiro atoms. The Morgan fingerprint density at radius 1 is 1.12 bits per heavy atom. The number of ether oxygens (including phenoxy) is 2. The molecule has 1 N–H and O–H groups in total. The SMILES string of the molecule is COc1ccc(NC(=O)COC(=O)/C=C/c2cccc(Cl)c2)cc1S(=O)(=O)N1CCCCC1. The second-order valence-corrected chi connectivity index (χ2v) is 9.72. The molecule has 176 valence electrons. The molecule has 1 heterocycles. The van der Waals surface area contributed by atoms with Crippen molar-refractivity contribution in [3.63, 3.8) is 0 Å². The van der Waals surface area contributed by atoms with Crippen LogP contribution in [-0.4, -0.2) is 51.4 Å². The number of carbonyl (C=O) groups is 2. The second kappa shape index (κ2) is 11.3. The number of carbonyl (C=O) groups excluding carboxylic acids is 2. The van der Waals surface area contributed by atoms with Gasteiger partial charge in [-0.1, -0.05) is 30.2 Å². The molecule has 0 aromatic heterocycles. The highest BCUT2D eigenvalue weighted by molar-refractivity contribution is 7.89. The van der Waals surface area contributed by atoms with Gasteiger partial charge >= 0.3 is 5.97 Å². The fourth-order valence-corrected chi connectivity index (χ4v) is 5.25. The van der Waals surface area contributed by atoms with E-state index < -0.39 is 28.5 Å². The van der Waals surface area contributed by atoms with Gasteiger partial charge < -0.3 is 14.8 Å². The molecule has 1 saturated heterocycles. The highest BCUT2D eigenvalue weighted by Gasteiger charge is 2.29. The molecule has 1 fully saturated rings. The average molecular weight is 493 g/mol. The highest BCUT2D eigenvalue weighted by atomic mass is 35.5. The summed E-state index contributed by atoms with van der Waals surface area (Å²) < 4.78 is 37.8. The van der Waals surface area contributed by atoms with E-state index in [0.717, 1.165) is 19.3 Å². The van der Waals surface area contributed by atoms with E-state index in [0.29, 0.717) is 23.7 Å². The summed E-state index contributed by atoms with van der Waals surface area (Å²) in [5, 5.41) is 3.08. The van der Waals surface area contributed by atoms with E-state index in [1.54, 1.807) is 24.3 Å². The van der Waals surface area contributed by atoms with Crippen molar-refractivity contribution >= 4 is 45.3 Å². The summed E-state index contributed by atoms with van der Waals surface area (Å²) in [7, 11) is -2.38. The number of anilines is 1. The van der Waals surface area contributed by atoms with Gasteiger partial charge in [-0.15, -0.1) is 0 Å². The Morgan fingerprint density at radius 3 is 2.58 bits per heavy atom. The molecule has 1 amide bonds. The Labute approximate surface area is 198 Å². The predicted octanol–water partition coefficient (Wildman–Crippen LogP) is 3.72. The molecule has 8 nitrogen and oxygen atoms in total. The maximum absolute atomic E-state index is 13.1. The Balaban J connectivity index is 1.62. The maximum atomic E-state index is 13.1. The van der Waals surface area contributed by atoms with Crippen LogP contribution in [-0.2, 0) is 24.3 Å². The van der Waals surface area contributed by atoms with Crippen molar-refractivity contribution in [3.8, 4) is 5.75 Å². The summed E-state index contributed by atoms with van der Waals surface area (Å²) in [6.07, 6.45) is 5.30. The van der Waals surface area contributed by atoms with Crippen LogP contribution in [0.4, 0.5) is 5.69 Å². The van der Waals surface area contributed by atoms with Crippen molar-refractivity contribution in [1.29, 1.82) is 0 Å². The Hall–Kier alpha value is -2.88. The van der Waals surface area contributed by atoms with Gasteiger partial charge in [-0.2, -0.15) is 4.31 Å². The normalized spacial score (nSPS) is 14.7. The number of rotatable bonds is 8.